The van der Waals surface area contributed by atoms with Crippen molar-refractivity contribution in [3.8, 4) is 0 Å². The topological polar surface area (TPSA) is 147 Å². The van der Waals surface area contributed by atoms with E-state index in [2.05, 4.69) is 34.5 Å². The summed E-state index contributed by atoms with van der Waals surface area (Å²) >= 11 is 0. The summed E-state index contributed by atoms with van der Waals surface area (Å²) in [7, 11) is 0. The first-order chi connectivity index (χ1) is 16.7. The van der Waals surface area contributed by atoms with Gasteiger partial charge >= 0.3 is 11.9 Å². The lowest BCUT2D eigenvalue weighted by Crippen LogP contribution is -2.54. The van der Waals surface area contributed by atoms with Gasteiger partial charge in [-0.2, -0.15) is 0 Å². The summed E-state index contributed by atoms with van der Waals surface area (Å²) in [5.74, 6) is -2.99. The van der Waals surface area contributed by atoms with Gasteiger partial charge in [0.2, 0.25) is 5.91 Å². The summed E-state index contributed by atoms with van der Waals surface area (Å²) in [4.78, 5) is 33.5. The van der Waals surface area contributed by atoms with E-state index < -0.39 is 23.6 Å². The number of carbonyl (C=O) groups is 3. The molecule has 0 saturated heterocycles. The van der Waals surface area contributed by atoms with E-state index in [4.69, 9.17) is 19.8 Å². The third kappa shape index (κ3) is 7.02. The molecule has 9 nitrogen and oxygen atoms in total. The Hall–Kier alpha value is -2.49. The zero-order valence-electron chi connectivity index (χ0n) is 20.2. The average molecular weight is 491 g/mol. The molecule has 3 aliphatic rings. The fourth-order valence-corrected chi connectivity index (χ4v) is 5.73. The van der Waals surface area contributed by atoms with E-state index in [1.54, 1.807) is 0 Å². The van der Waals surface area contributed by atoms with Crippen LogP contribution in [0.4, 0.5) is 0 Å². The molecule has 1 heterocycles. The maximum Gasteiger partial charge on any atom is 0.414 e. The lowest BCUT2D eigenvalue weighted by atomic mass is 9.77. The minimum Gasteiger partial charge on any atom is -0.473 e. The number of aliphatic hydroxyl groups excluding tert-OH is 1. The lowest BCUT2D eigenvalue weighted by molar-refractivity contribution is -0.159. The molecule has 3 atom stereocenters. The van der Waals surface area contributed by atoms with E-state index in [1.807, 2.05) is 0 Å². The highest BCUT2D eigenvalue weighted by Gasteiger charge is 2.39. The molecule has 1 amide bonds. The monoisotopic (exact) mass is 490 g/mol. The van der Waals surface area contributed by atoms with Crippen LogP contribution in [0.5, 0.6) is 0 Å². The van der Waals surface area contributed by atoms with Crippen LogP contribution >= 0.6 is 0 Å². The third-order valence-corrected chi connectivity index (χ3v) is 7.60. The van der Waals surface area contributed by atoms with Crippen molar-refractivity contribution in [2.75, 3.05) is 19.6 Å². The molecule has 35 heavy (non-hydrogen) atoms. The van der Waals surface area contributed by atoms with Crippen molar-refractivity contribution in [2.24, 2.45) is 5.92 Å². The molecule has 9 heteroatoms. The second-order valence-corrected chi connectivity index (χ2v) is 9.96. The van der Waals surface area contributed by atoms with Crippen LogP contribution in [0.2, 0.25) is 0 Å². The summed E-state index contributed by atoms with van der Waals surface area (Å²) in [5.41, 5.74) is 1.62. The van der Waals surface area contributed by atoms with E-state index in [0.29, 0.717) is 18.8 Å². The number of aliphatic hydroxyl groups is 2. The number of carbonyl (C=O) groups excluding carboxylic acids is 1. The Bertz CT molecular complexity index is 874. The first kappa shape index (κ1) is 27.1. The number of nitrogens with one attached hydrogen (secondary N) is 1. The van der Waals surface area contributed by atoms with Crippen LogP contribution in [0.15, 0.2) is 24.3 Å². The Balaban J connectivity index is 0.000000509. The number of hydrogen-bond acceptors (Lipinski definition) is 6. The normalized spacial score (nSPS) is 26.7. The SMILES string of the molecule is O=C(CNC[C@@]1(O)CCCC[C@H]1O)N1CCc2ccccc2C1C1CCCCC1.O=C(O)C(=O)O. The second kappa shape index (κ2) is 12.5. The first-order valence-corrected chi connectivity index (χ1v) is 12.7. The number of fused-ring (bicyclic) bond motifs is 1. The van der Waals surface area contributed by atoms with Gasteiger partial charge in [-0.05, 0) is 49.1 Å². The van der Waals surface area contributed by atoms with Gasteiger partial charge in [-0.1, -0.05) is 56.4 Å². The van der Waals surface area contributed by atoms with Gasteiger partial charge in [0.05, 0.1) is 18.7 Å². The van der Waals surface area contributed by atoms with Crippen molar-refractivity contribution < 1.29 is 34.8 Å². The average Bonchev–Trinajstić information content (AvgIpc) is 2.86. The molecule has 1 aliphatic heterocycles. The number of hydrogen-bond donors (Lipinski definition) is 5. The molecule has 1 aromatic carbocycles. The summed E-state index contributed by atoms with van der Waals surface area (Å²) in [6.07, 6.45) is 9.54. The van der Waals surface area contributed by atoms with Gasteiger partial charge in [-0.25, -0.2) is 9.59 Å². The van der Waals surface area contributed by atoms with E-state index in [9.17, 15) is 15.0 Å². The standard InChI is InChI=1S/C24H36N2O3.C2H2O4/c27-21-12-6-7-14-24(21,29)17-25-16-22(28)26-15-13-18-8-4-5-11-20(18)23(26)19-9-2-1-3-10-19;3-1(4)2(5)6/h4-5,8,11,19,21,23,25,27,29H,1-3,6-7,9-10,12-17H2;(H,3,4)(H,5,6)/t21-,23?,24+;/m1./s1. The van der Waals surface area contributed by atoms with E-state index in [1.165, 1.54) is 43.2 Å². The minimum absolute atomic E-state index is 0.115. The highest BCUT2D eigenvalue weighted by Crippen LogP contribution is 2.42. The van der Waals surface area contributed by atoms with Gasteiger partial charge < -0.3 is 30.6 Å². The van der Waals surface area contributed by atoms with E-state index >= 15 is 0 Å². The fourth-order valence-electron chi connectivity index (χ4n) is 5.73. The quantitative estimate of drug-likeness (QED) is 0.394. The van der Waals surface area contributed by atoms with Crippen molar-refractivity contribution in [3.05, 3.63) is 35.4 Å². The largest absolute Gasteiger partial charge is 0.473 e. The zero-order valence-corrected chi connectivity index (χ0v) is 20.2. The van der Waals surface area contributed by atoms with Gasteiger partial charge in [0.1, 0.15) is 5.60 Å². The van der Waals surface area contributed by atoms with Gasteiger partial charge in [-0.3, -0.25) is 4.79 Å². The number of amides is 1. The highest BCUT2D eigenvalue weighted by atomic mass is 16.4. The van der Waals surface area contributed by atoms with Gasteiger partial charge in [-0.15, -0.1) is 0 Å². The minimum atomic E-state index is -1.82. The van der Waals surface area contributed by atoms with Gasteiger partial charge in [0.25, 0.3) is 0 Å². The Morgan fingerprint density at radius 3 is 2.29 bits per heavy atom. The maximum absolute atomic E-state index is 13.2. The molecule has 194 valence electrons. The Morgan fingerprint density at radius 2 is 1.63 bits per heavy atom. The van der Waals surface area contributed by atoms with Crippen molar-refractivity contribution in [3.63, 3.8) is 0 Å². The number of carboxylic acids is 2. The summed E-state index contributed by atoms with van der Waals surface area (Å²) in [5, 5.41) is 38.8. The molecule has 2 fully saturated rings. The Kier molecular flexibility index (Phi) is 9.65. The number of aliphatic carboxylic acids is 2. The molecule has 1 aromatic rings. The van der Waals surface area contributed by atoms with Crippen LogP contribution in [0.25, 0.3) is 0 Å². The predicted octanol–water partition coefficient (Wildman–Crippen LogP) is 2.10. The molecule has 0 spiro atoms. The Labute approximate surface area is 206 Å². The number of rotatable bonds is 5. The van der Waals surface area contributed by atoms with Crippen molar-refractivity contribution >= 4 is 17.8 Å². The van der Waals surface area contributed by atoms with Crippen molar-refractivity contribution in [2.45, 2.75) is 82.0 Å². The summed E-state index contributed by atoms with van der Waals surface area (Å²) in [6.45, 7) is 1.27. The molecular formula is C26H38N2O7. The molecule has 4 rings (SSSR count). The van der Waals surface area contributed by atoms with Crippen LogP contribution in [0, 0.1) is 5.92 Å². The Morgan fingerprint density at radius 1 is 0.971 bits per heavy atom. The number of nitrogens with zero attached hydrogens (tertiary/aromatic N) is 1. The molecule has 0 aromatic heterocycles. The summed E-state index contributed by atoms with van der Waals surface area (Å²) < 4.78 is 0. The molecule has 2 saturated carbocycles. The van der Waals surface area contributed by atoms with E-state index in [-0.39, 0.29) is 25.0 Å². The fraction of sp³-hybridized carbons (Fsp3) is 0.654. The van der Waals surface area contributed by atoms with E-state index in [0.717, 1.165) is 25.8 Å². The molecule has 5 N–H and O–H groups in total. The highest BCUT2D eigenvalue weighted by molar-refractivity contribution is 6.27. The molecular weight excluding hydrogens is 452 g/mol. The van der Waals surface area contributed by atoms with Gasteiger partial charge in [0.15, 0.2) is 0 Å². The van der Waals surface area contributed by atoms with Crippen LogP contribution in [-0.4, -0.2) is 74.5 Å². The van der Waals surface area contributed by atoms with Crippen LogP contribution in [0.3, 0.4) is 0 Å². The van der Waals surface area contributed by atoms with Crippen molar-refractivity contribution in [1.82, 2.24) is 10.2 Å². The molecule has 2 aliphatic carbocycles. The summed E-state index contributed by atoms with van der Waals surface area (Å²) in [6, 6.07) is 8.80. The number of benzene rings is 1. The van der Waals surface area contributed by atoms with Gasteiger partial charge in [0, 0.05) is 13.1 Å². The molecule has 0 radical (unpaired) electrons. The maximum atomic E-state index is 13.2. The molecule has 1 unspecified atom stereocenters. The third-order valence-electron chi connectivity index (χ3n) is 7.60. The van der Waals surface area contributed by atoms with Crippen molar-refractivity contribution in [1.29, 1.82) is 0 Å². The number of carboxylic acid groups (broad SMARTS) is 2. The van der Waals surface area contributed by atoms with Crippen LogP contribution < -0.4 is 5.32 Å². The van der Waals surface area contributed by atoms with Crippen LogP contribution in [-0.2, 0) is 20.8 Å². The predicted molar refractivity (Wildman–Crippen MR) is 129 cm³/mol. The van der Waals surface area contributed by atoms with Crippen LogP contribution in [0.1, 0.15) is 75.0 Å². The lowest BCUT2D eigenvalue weighted by Gasteiger charge is -2.43. The molecule has 0 bridgehead atoms. The second-order valence-electron chi connectivity index (χ2n) is 9.96. The first-order valence-electron chi connectivity index (χ1n) is 12.7. The zero-order chi connectivity index (χ0) is 25.4. The smallest absolute Gasteiger partial charge is 0.414 e.